The van der Waals surface area contributed by atoms with Crippen LogP contribution in [0.2, 0.25) is 5.15 Å². The summed E-state index contributed by atoms with van der Waals surface area (Å²) in [5.74, 6) is 0.165. The number of carbonyl (C=O) groups excluding carboxylic acids is 2. The van der Waals surface area contributed by atoms with Crippen LogP contribution >= 0.6 is 11.6 Å². The van der Waals surface area contributed by atoms with E-state index >= 15 is 0 Å². The van der Waals surface area contributed by atoms with Crippen molar-refractivity contribution in [1.29, 1.82) is 0 Å². The van der Waals surface area contributed by atoms with Gasteiger partial charge in [-0.15, -0.1) is 0 Å². The van der Waals surface area contributed by atoms with Crippen LogP contribution in [-0.2, 0) is 4.74 Å². The Balaban J connectivity index is 1.89. The van der Waals surface area contributed by atoms with E-state index in [-0.39, 0.29) is 16.6 Å². The maximum absolute atomic E-state index is 13.7. The number of aromatic nitrogens is 3. The van der Waals surface area contributed by atoms with Crippen molar-refractivity contribution in [2.75, 3.05) is 13.6 Å². The van der Waals surface area contributed by atoms with Crippen molar-refractivity contribution in [2.45, 2.75) is 45.3 Å². The summed E-state index contributed by atoms with van der Waals surface area (Å²) < 4.78 is 7.08. The molecule has 0 bridgehead atoms. The molecule has 0 spiro atoms. The van der Waals surface area contributed by atoms with E-state index in [4.69, 9.17) is 21.3 Å². The van der Waals surface area contributed by atoms with Crippen molar-refractivity contribution in [3.63, 3.8) is 0 Å². The van der Waals surface area contributed by atoms with Gasteiger partial charge < -0.3 is 10.1 Å². The lowest BCUT2D eigenvalue weighted by molar-refractivity contribution is 0.0216. The van der Waals surface area contributed by atoms with Gasteiger partial charge in [-0.05, 0) is 63.9 Å². The van der Waals surface area contributed by atoms with Crippen molar-refractivity contribution < 1.29 is 14.3 Å². The van der Waals surface area contributed by atoms with Gasteiger partial charge in [-0.2, -0.15) is 0 Å². The van der Waals surface area contributed by atoms with Crippen LogP contribution < -0.4 is 10.9 Å². The van der Waals surface area contributed by atoms with E-state index in [9.17, 15) is 14.4 Å². The molecule has 2 aromatic heterocycles. The number of rotatable bonds is 3. The fourth-order valence-electron chi connectivity index (χ4n) is 4.03. The number of carbonyl (C=O) groups is 2. The van der Waals surface area contributed by atoms with E-state index in [1.807, 2.05) is 20.8 Å². The second-order valence-corrected chi connectivity index (χ2v) is 9.48. The number of fused-ring (bicyclic) bond motifs is 1. The Morgan fingerprint density at radius 1 is 1.21 bits per heavy atom. The van der Waals surface area contributed by atoms with E-state index in [2.05, 4.69) is 10.3 Å². The highest BCUT2D eigenvalue weighted by atomic mass is 35.5. The molecule has 0 radical (unpaired) electrons. The summed E-state index contributed by atoms with van der Waals surface area (Å²) in [6, 6.07) is 7.63. The van der Waals surface area contributed by atoms with Crippen molar-refractivity contribution in [2.24, 2.45) is 0 Å². The molecule has 1 fully saturated rings. The first-order valence-electron chi connectivity index (χ1n) is 11.0. The van der Waals surface area contributed by atoms with E-state index in [1.165, 1.54) is 16.8 Å². The SMILES string of the molecule is CNC(=O)c1ccc(-n2c([C@@H]3CCCN3C(=O)OC(C)(C)C)nc3cnc(Cl)cc3c2=O)cc1. The minimum atomic E-state index is -0.656. The monoisotopic (exact) mass is 483 g/mol. The van der Waals surface area contributed by atoms with Gasteiger partial charge in [-0.3, -0.25) is 19.1 Å². The highest BCUT2D eigenvalue weighted by molar-refractivity contribution is 6.30. The van der Waals surface area contributed by atoms with E-state index in [0.29, 0.717) is 40.9 Å². The molecule has 1 atom stereocenters. The highest BCUT2D eigenvalue weighted by Crippen LogP contribution is 2.33. The van der Waals surface area contributed by atoms with E-state index < -0.39 is 17.7 Å². The lowest BCUT2D eigenvalue weighted by Gasteiger charge is -2.29. The Morgan fingerprint density at radius 3 is 2.56 bits per heavy atom. The summed E-state index contributed by atoms with van der Waals surface area (Å²) in [6.07, 6.45) is 2.36. The summed E-state index contributed by atoms with van der Waals surface area (Å²) >= 11 is 6.05. The second kappa shape index (κ2) is 9.06. The molecule has 0 saturated carbocycles. The molecule has 34 heavy (non-hydrogen) atoms. The van der Waals surface area contributed by atoms with Crippen molar-refractivity contribution >= 4 is 34.5 Å². The molecule has 3 aromatic rings. The normalized spacial score (nSPS) is 16.0. The predicted molar refractivity (Wildman–Crippen MR) is 128 cm³/mol. The standard InChI is InChI=1S/C24H26ClN5O4/c1-24(2,3)34-23(33)29-11-5-6-18(29)20-28-17-13-27-19(25)12-16(17)22(32)30(20)15-9-7-14(8-10-15)21(31)26-4/h7-10,12-13,18H,5-6,11H2,1-4H3,(H,26,31)/t18-/m0/s1. The Morgan fingerprint density at radius 2 is 1.91 bits per heavy atom. The third-order valence-corrected chi connectivity index (χ3v) is 5.75. The minimum absolute atomic E-state index is 0.178. The molecule has 1 saturated heterocycles. The summed E-state index contributed by atoms with van der Waals surface area (Å²) in [6.45, 7) is 5.92. The molecule has 1 aliphatic rings. The van der Waals surface area contributed by atoms with Gasteiger partial charge in [0, 0.05) is 19.2 Å². The third kappa shape index (κ3) is 4.61. The van der Waals surface area contributed by atoms with Crippen LogP contribution in [0.1, 0.15) is 55.8 Å². The Hall–Kier alpha value is -3.46. The van der Waals surface area contributed by atoms with Crippen LogP contribution in [-0.4, -0.2) is 50.6 Å². The first-order chi connectivity index (χ1) is 16.1. The smallest absolute Gasteiger partial charge is 0.410 e. The van der Waals surface area contributed by atoms with Crippen molar-refractivity contribution in [3.8, 4) is 5.69 Å². The summed E-state index contributed by atoms with van der Waals surface area (Å²) in [4.78, 5) is 49.0. The zero-order chi connectivity index (χ0) is 24.6. The molecule has 1 N–H and O–H groups in total. The number of likely N-dealkylation sites (tertiary alicyclic amines) is 1. The fourth-order valence-corrected chi connectivity index (χ4v) is 4.19. The first kappa shape index (κ1) is 23.7. The van der Waals surface area contributed by atoms with Gasteiger partial charge >= 0.3 is 6.09 Å². The number of amides is 2. The van der Waals surface area contributed by atoms with Crippen LogP contribution in [0.5, 0.6) is 0 Å². The second-order valence-electron chi connectivity index (χ2n) is 9.09. The van der Waals surface area contributed by atoms with Gasteiger partial charge in [0.1, 0.15) is 16.6 Å². The zero-order valence-corrected chi connectivity index (χ0v) is 20.2. The number of nitrogens with zero attached hydrogens (tertiary/aromatic N) is 4. The highest BCUT2D eigenvalue weighted by Gasteiger charge is 2.36. The lowest BCUT2D eigenvalue weighted by atomic mass is 10.1. The van der Waals surface area contributed by atoms with E-state index in [1.54, 1.807) is 36.2 Å². The molecule has 0 aliphatic carbocycles. The third-order valence-electron chi connectivity index (χ3n) is 5.54. The van der Waals surface area contributed by atoms with Crippen LogP contribution in [0.3, 0.4) is 0 Å². The molecule has 4 rings (SSSR count). The van der Waals surface area contributed by atoms with Crippen molar-refractivity contribution in [1.82, 2.24) is 24.8 Å². The quantitative estimate of drug-likeness (QED) is 0.567. The molecule has 1 aliphatic heterocycles. The molecule has 0 unspecified atom stereocenters. The number of hydrogen-bond donors (Lipinski definition) is 1. The minimum Gasteiger partial charge on any atom is -0.444 e. The molecule has 3 heterocycles. The average molecular weight is 484 g/mol. The maximum atomic E-state index is 13.7. The van der Waals surface area contributed by atoms with Crippen LogP contribution in [0, 0.1) is 0 Å². The van der Waals surface area contributed by atoms with Crippen LogP contribution in [0.15, 0.2) is 41.3 Å². The van der Waals surface area contributed by atoms with Gasteiger partial charge in [0.05, 0.1) is 28.8 Å². The van der Waals surface area contributed by atoms with Gasteiger partial charge in [-0.25, -0.2) is 14.8 Å². The molecule has 10 heteroatoms. The summed E-state index contributed by atoms with van der Waals surface area (Å²) in [5, 5.41) is 3.06. The van der Waals surface area contributed by atoms with Gasteiger partial charge in [0.2, 0.25) is 0 Å². The number of pyridine rings is 1. The zero-order valence-electron chi connectivity index (χ0n) is 19.5. The lowest BCUT2D eigenvalue weighted by Crippen LogP contribution is -2.38. The summed E-state index contributed by atoms with van der Waals surface area (Å²) in [5.41, 5.74) is 0.368. The first-order valence-corrected chi connectivity index (χ1v) is 11.4. The average Bonchev–Trinajstić information content (AvgIpc) is 3.28. The van der Waals surface area contributed by atoms with Gasteiger partial charge in [-0.1, -0.05) is 11.6 Å². The Bertz CT molecular complexity index is 1310. The largest absolute Gasteiger partial charge is 0.444 e. The number of nitrogens with one attached hydrogen (secondary N) is 1. The van der Waals surface area contributed by atoms with E-state index in [0.717, 1.165) is 6.42 Å². The topological polar surface area (TPSA) is 106 Å². The number of ether oxygens (including phenoxy) is 1. The molecular weight excluding hydrogens is 458 g/mol. The Kier molecular flexibility index (Phi) is 6.31. The molecule has 178 valence electrons. The summed E-state index contributed by atoms with van der Waals surface area (Å²) in [7, 11) is 1.55. The van der Waals surface area contributed by atoms with Gasteiger partial charge in [0.15, 0.2) is 0 Å². The maximum Gasteiger partial charge on any atom is 0.410 e. The van der Waals surface area contributed by atoms with Crippen LogP contribution in [0.25, 0.3) is 16.6 Å². The molecule has 2 amide bonds. The van der Waals surface area contributed by atoms with Crippen LogP contribution in [0.4, 0.5) is 4.79 Å². The van der Waals surface area contributed by atoms with Gasteiger partial charge in [0.25, 0.3) is 11.5 Å². The number of hydrogen-bond acceptors (Lipinski definition) is 6. The number of benzene rings is 1. The van der Waals surface area contributed by atoms with Crippen molar-refractivity contribution in [3.05, 3.63) is 63.4 Å². The molecule has 1 aromatic carbocycles. The number of halogens is 1. The molecular formula is C24H26ClN5O4. The fraction of sp³-hybridized carbons (Fsp3) is 0.375. The Labute approximate surface area is 201 Å². The molecule has 9 nitrogen and oxygen atoms in total. The predicted octanol–water partition coefficient (Wildman–Crippen LogP) is 3.87.